The zero-order valence-electron chi connectivity index (χ0n) is 10.5. The molecular formula is C15H14INO2. The Bertz CT molecular complexity index is 584. The molecule has 19 heavy (non-hydrogen) atoms. The van der Waals surface area contributed by atoms with E-state index in [-0.39, 0.29) is 5.97 Å². The van der Waals surface area contributed by atoms with Gasteiger partial charge in [-0.2, -0.15) is 0 Å². The molecule has 3 nitrogen and oxygen atoms in total. The van der Waals surface area contributed by atoms with Gasteiger partial charge in [-0.15, -0.1) is 0 Å². The Hall–Kier alpha value is -1.56. The normalized spacial score (nSPS) is 10.0. The molecule has 0 saturated carbocycles. The Labute approximate surface area is 126 Å². The first-order valence-corrected chi connectivity index (χ1v) is 6.95. The van der Waals surface area contributed by atoms with Crippen LogP contribution in [0.3, 0.4) is 0 Å². The van der Waals surface area contributed by atoms with Crippen LogP contribution in [0.1, 0.15) is 15.9 Å². The van der Waals surface area contributed by atoms with Crippen molar-refractivity contribution >= 4 is 34.2 Å². The second-order valence-electron chi connectivity index (χ2n) is 3.98. The number of carbonyl (C=O) groups is 1. The highest BCUT2D eigenvalue weighted by atomic mass is 127. The third-order valence-corrected chi connectivity index (χ3v) is 3.81. The van der Waals surface area contributed by atoms with Gasteiger partial charge in [-0.25, -0.2) is 4.79 Å². The van der Waals surface area contributed by atoms with Gasteiger partial charge < -0.3 is 10.1 Å². The number of benzene rings is 2. The van der Waals surface area contributed by atoms with Gasteiger partial charge in [0.2, 0.25) is 0 Å². The molecule has 4 heteroatoms. The van der Waals surface area contributed by atoms with Gasteiger partial charge in [-0.1, -0.05) is 30.3 Å². The SMILES string of the molecule is COC(=O)c1ccccc1NCc1ccccc1I. The van der Waals surface area contributed by atoms with Crippen LogP contribution in [0.25, 0.3) is 0 Å². The van der Waals surface area contributed by atoms with Crippen molar-refractivity contribution in [1.82, 2.24) is 0 Å². The molecule has 98 valence electrons. The molecule has 0 spiro atoms. The van der Waals surface area contributed by atoms with Crippen molar-refractivity contribution in [3.05, 3.63) is 63.2 Å². The number of para-hydroxylation sites is 1. The van der Waals surface area contributed by atoms with E-state index in [4.69, 9.17) is 4.74 Å². The Morgan fingerprint density at radius 3 is 2.58 bits per heavy atom. The van der Waals surface area contributed by atoms with Crippen LogP contribution in [-0.2, 0) is 11.3 Å². The minimum Gasteiger partial charge on any atom is -0.465 e. The van der Waals surface area contributed by atoms with Gasteiger partial charge >= 0.3 is 5.97 Å². The van der Waals surface area contributed by atoms with E-state index in [0.29, 0.717) is 12.1 Å². The highest BCUT2D eigenvalue weighted by molar-refractivity contribution is 14.1. The summed E-state index contributed by atoms with van der Waals surface area (Å²) in [6.07, 6.45) is 0. The summed E-state index contributed by atoms with van der Waals surface area (Å²) in [5.74, 6) is -0.328. The molecule has 0 aliphatic rings. The summed E-state index contributed by atoms with van der Waals surface area (Å²) >= 11 is 2.30. The molecule has 0 amide bonds. The van der Waals surface area contributed by atoms with Gasteiger partial charge in [0.1, 0.15) is 0 Å². The van der Waals surface area contributed by atoms with Crippen LogP contribution in [0, 0.1) is 3.57 Å². The Kier molecular flexibility index (Phi) is 4.79. The molecule has 0 bridgehead atoms. The fraction of sp³-hybridized carbons (Fsp3) is 0.133. The van der Waals surface area contributed by atoms with Crippen molar-refractivity contribution in [2.45, 2.75) is 6.54 Å². The summed E-state index contributed by atoms with van der Waals surface area (Å²) in [6, 6.07) is 15.5. The fourth-order valence-corrected chi connectivity index (χ4v) is 2.34. The third-order valence-electron chi connectivity index (χ3n) is 2.76. The molecule has 0 aliphatic carbocycles. The van der Waals surface area contributed by atoms with Crippen molar-refractivity contribution in [2.75, 3.05) is 12.4 Å². The molecule has 0 aromatic heterocycles. The molecule has 0 atom stereocenters. The molecule has 0 radical (unpaired) electrons. The summed E-state index contributed by atoms with van der Waals surface area (Å²) in [6.45, 7) is 0.674. The molecule has 0 aliphatic heterocycles. The molecular weight excluding hydrogens is 353 g/mol. The minimum absolute atomic E-state index is 0.328. The van der Waals surface area contributed by atoms with E-state index in [2.05, 4.69) is 40.0 Å². The Morgan fingerprint density at radius 2 is 1.84 bits per heavy atom. The lowest BCUT2D eigenvalue weighted by Gasteiger charge is -2.11. The topological polar surface area (TPSA) is 38.3 Å². The quantitative estimate of drug-likeness (QED) is 0.662. The molecule has 0 saturated heterocycles. The number of carbonyl (C=O) groups excluding carboxylic acids is 1. The molecule has 0 unspecified atom stereocenters. The molecule has 2 rings (SSSR count). The standard InChI is InChI=1S/C15H14INO2/c1-19-15(18)12-7-3-5-9-14(12)17-10-11-6-2-4-8-13(11)16/h2-9,17H,10H2,1H3. The van der Waals surface area contributed by atoms with Crippen molar-refractivity contribution in [1.29, 1.82) is 0 Å². The second kappa shape index (κ2) is 6.56. The molecule has 0 fully saturated rings. The zero-order valence-corrected chi connectivity index (χ0v) is 12.7. The minimum atomic E-state index is -0.328. The first kappa shape index (κ1) is 13.9. The van der Waals surface area contributed by atoms with E-state index < -0.39 is 0 Å². The number of anilines is 1. The summed E-state index contributed by atoms with van der Waals surface area (Å²) in [4.78, 5) is 11.6. The number of nitrogens with one attached hydrogen (secondary N) is 1. The van der Waals surface area contributed by atoms with Crippen LogP contribution < -0.4 is 5.32 Å². The molecule has 2 aromatic carbocycles. The summed E-state index contributed by atoms with van der Waals surface area (Å²) < 4.78 is 5.97. The highest BCUT2D eigenvalue weighted by Gasteiger charge is 2.10. The summed E-state index contributed by atoms with van der Waals surface area (Å²) in [7, 11) is 1.39. The summed E-state index contributed by atoms with van der Waals surface area (Å²) in [5.41, 5.74) is 2.53. The van der Waals surface area contributed by atoms with Crippen molar-refractivity contribution < 1.29 is 9.53 Å². The number of ether oxygens (including phenoxy) is 1. The van der Waals surface area contributed by atoms with Crippen LogP contribution in [0.2, 0.25) is 0 Å². The van der Waals surface area contributed by atoms with Crippen molar-refractivity contribution in [3.63, 3.8) is 0 Å². The van der Waals surface area contributed by atoms with E-state index in [1.165, 1.54) is 16.2 Å². The van der Waals surface area contributed by atoms with E-state index in [0.717, 1.165) is 5.69 Å². The lowest BCUT2D eigenvalue weighted by molar-refractivity contribution is 0.0602. The smallest absolute Gasteiger partial charge is 0.339 e. The van der Waals surface area contributed by atoms with Crippen LogP contribution >= 0.6 is 22.6 Å². The highest BCUT2D eigenvalue weighted by Crippen LogP contribution is 2.18. The van der Waals surface area contributed by atoms with Gasteiger partial charge in [-0.05, 0) is 46.4 Å². The maximum atomic E-state index is 11.6. The van der Waals surface area contributed by atoms with Crippen LogP contribution in [-0.4, -0.2) is 13.1 Å². The first-order valence-electron chi connectivity index (χ1n) is 5.87. The molecule has 0 heterocycles. The van der Waals surface area contributed by atoms with Crippen molar-refractivity contribution in [3.8, 4) is 0 Å². The Balaban J connectivity index is 2.16. The summed E-state index contributed by atoms with van der Waals surface area (Å²) in [5, 5.41) is 3.28. The van der Waals surface area contributed by atoms with Crippen LogP contribution in [0.15, 0.2) is 48.5 Å². The maximum Gasteiger partial charge on any atom is 0.339 e. The number of methoxy groups -OCH3 is 1. The van der Waals surface area contributed by atoms with Gasteiger partial charge in [0.25, 0.3) is 0 Å². The number of rotatable bonds is 4. The van der Waals surface area contributed by atoms with E-state index in [1.807, 2.05) is 30.3 Å². The molecule has 1 N–H and O–H groups in total. The second-order valence-corrected chi connectivity index (χ2v) is 5.14. The number of hydrogen-bond acceptors (Lipinski definition) is 3. The maximum absolute atomic E-state index is 11.6. The number of halogens is 1. The zero-order chi connectivity index (χ0) is 13.7. The average Bonchev–Trinajstić information content (AvgIpc) is 2.46. The van der Waals surface area contributed by atoms with Gasteiger partial charge in [-0.3, -0.25) is 0 Å². The largest absolute Gasteiger partial charge is 0.465 e. The van der Waals surface area contributed by atoms with Gasteiger partial charge in [0.05, 0.1) is 12.7 Å². The lowest BCUT2D eigenvalue weighted by atomic mass is 10.1. The van der Waals surface area contributed by atoms with Crippen LogP contribution in [0.4, 0.5) is 5.69 Å². The monoisotopic (exact) mass is 367 g/mol. The predicted octanol–water partition coefficient (Wildman–Crippen LogP) is 3.69. The first-order chi connectivity index (χ1) is 9.22. The van der Waals surface area contributed by atoms with Crippen molar-refractivity contribution in [2.24, 2.45) is 0 Å². The number of hydrogen-bond donors (Lipinski definition) is 1. The third kappa shape index (κ3) is 3.47. The van der Waals surface area contributed by atoms with E-state index in [1.54, 1.807) is 6.07 Å². The van der Waals surface area contributed by atoms with E-state index >= 15 is 0 Å². The van der Waals surface area contributed by atoms with Crippen LogP contribution in [0.5, 0.6) is 0 Å². The fourth-order valence-electron chi connectivity index (χ4n) is 1.76. The van der Waals surface area contributed by atoms with Gasteiger partial charge in [0, 0.05) is 15.8 Å². The Morgan fingerprint density at radius 1 is 1.16 bits per heavy atom. The van der Waals surface area contributed by atoms with Gasteiger partial charge in [0.15, 0.2) is 0 Å². The number of esters is 1. The van der Waals surface area contributed by atoms with E-state index in [9.17, 15) is 4.79 Å². The lowest BCUT2D eigenvalue weighted by Crippen LogP contribution is -2.08. The predicted molar refractivity (Wildman–Crippen MR) is 84.3 cm³/mol. The average molecular weight is 367 g/mol. The molecule has 2 aromatic rings.